The highest BCUT2D eigenvalue weighted by Crippen LogP contribution is 2.39. The quantitative estimate of drug-likeness (QED) is 0.400. The first-order chi connectivity index (χ1) is 13.2. The molecule has 1 amide bonds. The highest BCUT2D eigenvalue weighted by atomic mass is 32.2. The Kier molecular flexibility index (Phi) is 5.09. The fraction of sp³-hybridized carbons (Fsp3) is 0.263. The molecule has 0 saturated heterocycles. The van der Waals surface area contributed by atoms with Gasteiger partial charge in [-0.2, -0.15) is 0 Å². The largest absolute Gasteiger partial charge is 0.465 e. The summed E-state index contributed by atoms with van der Waals surface area (Å²) in [4.78, 5) is 34.3. The van der Waals surface area contributed by atoms with Gasteiger partial charge in [-0.3, -0.25) is 4.79 Å². The second kappa shape index (κ2) is 7.66. The first-order valence-electron chi connectivity index (χ1n) is 8.52. The highest BCUT2D eigenvalue weighted by Gasteiger charge is 2.28. The molecular weight excluding hydrogens is 382 g/mol. The number of benzene rings is 1. The molecule has 2 heterocycles. The van der Waals surface area contributed by atoms with Crippen LogP contribution in [-0.2, 0) is 22.4 Å². The van der Waals surface area contributed by atoms with Crippen molar-refractivity contribution in [2.75, 3.05) is 18.2 Å². The van der Waals surface area contributed by atoms with E-state index in [2.05, 4.69) is 15.3 Å². The number of para-hydroxylation sites is 1. The molecule has 0 saturated carbocycles. The maximum atomic E-state index is 12.5. The third kappa shape index (κ3) is 3.54. The van der Waals surface area contributed by atoms with Gasteiger partial charge in [-0.05, 0) is 30.9 Å². The van der Waals surface area contributed by atoms with E-state index in [9.17, 15) is 9.59 Å². The topological polar surface area (TPSA) is 81.2 Å². The molecule has 1 N–H and O–H groups in total. The summed E-state index contributed by atoms with van der Waals surface area (Å²) < 4.78 is 4.91. The minimum atomic E-state index is -0.390. The molecule has 0 atom stereocenters. The fourth-order valence-electron chi connectivity index (χ4n) is 3.20. The second-order valence-electron chi connectivity index (χ2n) is 6.09. The first kappa shape index (κ1) is 17.9. The molecule has 0 aliphatic heterocycles. The number of rotatable bonds is 5. The number of hydrogen-bond acceptors (Lipinski definition) is 7. The van der Waals surface area contributed by atoms with Gasteiger partial charge in [-0.1, -0.05) is 30.0 Å². The van der Waals surface area contributed by atoms with Gasteiger partial charge in [0.2, 0.25) is 5.91 Å². The normalized spacial score (nSPS) is 12.8. The number of fused-ring (bicyclic) bond motifs is 2. The summed E-state index contributed by atoms with van der Waals surface area (Å²) in [5, 5.41) is 5.16. The van der Waals surface area contributed by atoms with Crippen molar-refractivity contribution in [1.29, 1.82) is 0 Å². The van der Waals surface area contributed by atoms with Gasteiger partial charge >= 0.3 is 5.97 Å². The molecule has 27 heavy (non-hydrogen) atoms. The Balaban J connectivity index is 1.50. The molecule has 2 aromatic heterocycles. The first-order valence-corrected chi connectivity index (χ1v) is 10.3. The predicted octanol–water partition coefficient (Wildman–Crippen LogP) is 3.70. The molecule has 3 aromatic rings. The van der Waals surface area contributed by atoms with E-state index in [0.717, 1.165) is 40.8 Å². The Hall–Kier alpha value is -2.45. The van der Waals surface area contributed by atoms with Crippen molar-refractivity contribution in [3.05, 3.63) is 46.6 Å². The number of methoxy groups -OCH3 is 1. The third-order valence-electron chi connectivity index (χ3n) is 4.41. The summed E-state index contributed by atoms with van der Waals surface area (Å²) in [6, 6.07) is 7.69. The number of aryl methyl sites for hydroxylation is 1. The van der Waals surface area contributed by atoms with E-state index in [1.54, 1.807) is 0 Å². The average molecular weight is 399 g/mol. The van der Waals surface area contributed by atoms with Crippen LogP contribution in [0.15, 0.2) is 35.6 Å². The SMILES string of the molecule is COC(=O)c1c(NC(=O)CSc2ncnc3ccccc23)sc2c1CCC2. The van der Waals surface area contributed by atoms with Crippen molar-refractivity contribution in [2.24, 2.45) is 0 Å². The van der Waals surface area contributed by atoms with Gasteiger partial charge in [0, 0.05) is 10.3 Å². The number of amides is 1. The average Bonchev–Trinajstić information content (AvgIpc) is 3.26. The van der Waals surface area contributed by atoms with Gasteiger partial charge in [0.25, 0.3) is 0 Å². The molecule has 0 spiro atoms. The van der Waals surface area contributed by atoms with Crippen molar-refractivity contribution >= 4 is 50.9 Å². The molecule has 8 heteroatoms. The zero-order chi connectivity index (χ0) is 18.8. The summed E-state index contributed by atoms with van der Waals surface area (Å²) in [7, 11) is 1.36. The maximum Gasteiger partial charge on any atom is 0.341 e. The smallest absolute Gasteiger partial charge is 0.341 e. The van der Waals surface area contributed by atoms with E-state index >= 15 is 0 Å². The number of carbonyl (C=O) groups is 2. The summed E-state index contributed by atoms with van der Waals surface area (Å²) in [6.07, 6.45) is 4.34. The molecule has 1 aliphatic rings. The Morgan fingerprint density at radius 3 is 2.96 bits per heavy atom. The van der Waals surface area contributed by atoms with Crippen LogP contribution in [0, 0.1) is 0 Å². The van der Waals surface area contributed by atoms with E-state index in [1.165, 1.54) is 41.4 Å². The van der Waals surface area contributed by atoms with Crippen molar-refractivity contribution in [3.63, 3.8) is 0 Å². The lowest BCUT2D eigenvalue weighted by Crippen LogP contribution is -2.16. The zero-order valence-corrected chi connectivity index (χ0v) is 16.3. The number of hydrogen-bond donors (Lipinski definition) is 1. The van der Waals surface area contributed by atoms with Crippen LogP contribution < -0.4 is 5.32 Å². The van der Waals surface area contributed by atoms with E-state index in [0.29, 0.717) is 10.6 Å². The molecule has 4 rings (SSSR count). The summed E-state index contributed by atoms with van der Waals surface area (Å²) in [5.74, 6) is -0.364. The molecular formula is C19H17N3O3S2. The van der Waals surface area contributed by atoms with Gasteiger partial charge in [-0.15, -0.1) is 11.3 Å². The number of ether oxygens (including phenoxy) is 1. The van der Waals surface area contributed by atoms with Gasteiger partial charge in [0.05, 0.1) is 23.9 Å². The van der Waals surface area contributed by atoms with Crippen LogP contribution in [0.5, 0.6) is 0 Å². The summed E-state index contributed by atoms with van der Waals surface area (Å²) in [5.41, 5.74) is 2.38. The van der Waals surface area contributed by atoms with Crippen LogP contribution in [0.3, 0.4) is 0 Å². The Labute approximate surface area is 164 Å². The van der Waals surface area contributed by atoms with E-state index in [4.69, 9.17) is 4.74 Å². The standard InChI is InChI=1S/C19H17N3O3S2/c1-25-19(24)16-12-6-4-8-14(12)27-18(16)22-15(23)9-26-17-11-5-2-3-7-13(11)20-10-21-17/h2-3,5,7,10H,4,6,8-9H2,1H3,(H,22,23). The Morgan fingerprint density at radius 1 is 1.26 bits per heavy atom. The van der Waals surface area contributed by atoms with Crippen LogP contribution in [0.25, 0.3) is 10.9 Å². The summed E-state index contributed by atoms with van der Waals surface area (Å²) in [6.45, 7) is 0. The Morgan fingerprint density at radius 2 is 2.11 bits per heavy atom. The highest BCUT2D eigenvalue weighted by molar-refractivity contribution is 8.00. The number of aromatic nitrogens is 2. The molecule has 1 aromatic carbocycles. The van der Waals surface area contributed by atoms with Crippen LogP contribution in [-0.4, -0.2) is 34.7 Å². The van der Waals surface area contributed by atoms with Gasteiger partial charge in [-0.25, -0.2) is 14.8 Å². The number of carbonyl (C=O) groups excluding carboxylic acids is 2. The summed E-state index contributed by atoms with van der Waals surface area (Å²) >= 11 is 2.83. The minimum absolute atomic E-state index is 0.173. The fourth-order valence-corrected chi connectivity index (χ4v) is 5.29. The second-order valence-corrected chi connectivity index (χ2v) is 8.16. The van der Waals surface area contributed by atoms with Crippen LogP contribution in [0.1, 0.15) is 27.2 Å². The number of nitrogens with zero attached hydrogens (tertiary/aromatic N) is 2. The van der Waals surface area contributed by atoms with Crippen molar-refractivity contribution < 1.29 is 14.3 Å². The molecule has 1 aliphatic carbocycles. The van der Waals surface area contributed by atoms with Gasteiger partial charge in [0.1, 0.15) is 16.4 Å². The lowest BCUT2D eigenvalue weighted by Gasteiger charge is -2.07. The van der Waals surface area contributed by atoms with Gasteiger partial charge in [0.15, 0.2) is 0 Å². The number of thioether (sulfide) groups is 1. The number of esters is 1. The van der Waals surface area contributed by atoms with E-state index in [-0.39, 0.29) is 17.6 Å². The molecule has 0 bridgehead atoms. The van der Waals surface area contributed by atoms with Crippen molar-refractivity contribution in [2.45, 2.75) is 24.3 Å². The molecule has 138 valence electrons. The molecule has 6 nitrogen and oxygen atoms in total. The molecule has 0 fully saturated rings. The number of nitrogens with one attached hydrogen (secondary N) is 1. The minimum Gasteiger partial charge on any atom is -0.465 e. The lowest BCUT2D eigenvalue weighted by molar-refractivity contribution is -0.113. The van der Waals surface area contributed by atoms with Crippen molar-refractivity contribution in [1.82, 2.24) is 9.97 Å². The van der Waals surface area contributed by atoms with Crippen molar-refractivity contribution in [3.8, 4) is 0 Å². The molecule has 0 radical (unpaired) electrons. The number of anilines is 1. The maximum absolute atomic E-state index is 12.5. The van der Waals surface area contributed by atoms with Gasteiger partial charge < -0.3 is 10.1 Å². The zero-order valence-electron chi connectivity index (χ0n) is 14.7. The monoisotopic (exact) mass is 399 g/mol. The Bertz CT molecular complexity index is 1030. The number of thiophene rings is 1. The van der Waals surface area contributed by atoms with E-state index < -0.39 is 0 Å². The third-order valence-corrected chi connectivity index (χ3v) is 6.62. The van der Waals surface area contributed by atoms with E-state index in [1.807, 2.05) is 24.3 Å². The molecule has 0 unspecified atom stereocenters. The lowest BCUT2D eigenvalue weighted by atomic mass is 10.1. The van der Waals surface area contributed by atoms with Crippen LogP contribution in [0.2, 0.25) is 0 Å². The predicted molar refractivity (Wildman–Crippen MR) is 107 cm³/mol. The van der Waals surface area contributed by atoms with Crippen LogP contribution >= 0.6 is 23.1 Å². The van der Waals surface area contributed by atoms with Crippen LogP contribution in [0.4, 0.5) is 5.00 Å².